The van der Waals surface area contributed by atoms with Crippen LogP contribution in [0.4, 0.5) is 5.82 Å². The van der Waals surface area contributed by atoms with Gasteiger partial charge in [-0.2, -0.15) is 15.2 Å². The van der Waals surface area contributed by atoms with Crippen LogP contribution in [0.2, 0.25) is 0 Å². The lowest BCUT2D eigenvalue weighted by atomic mass is 10.2. The van der Waals surface area contributed by atoms with Crippen LogP contribution in [-0.4, -0.2) is 21.4 Å². The van der Waals surface area contributed by atoms with E-state index in [2.05, 4.69) is 25.7 Å². The number of anilines is 1. The van der Waals surface area contributed by atoms with E-state index in [0.29, 0.717) is 17.3 Å². The fraction of sp³-hybridized carbons (Fsp3) is 0.0588. The molecule has 3 aromatic rings. The number of nitrogens with zero attached hydrogens (tertiary/aromatic N) is 3. The SMILES string of the molecule is Cc1n[nH]c(=O)nc1N/N=C\c1cccc(Oc2ccccc2)c1. The summed E-state index contributed by atoms with van der Waals surface area (Å²) in [5.74, 6) is 1.78. The molecule has 0 aliphatic rings. The summed E-state index contributed by atoms with van der Waals surface area (Å²) in [5, 5.41) is 10.1. The van der Waals surface area contributed by atoms with Crippen LogP contribution in [0.5, 0.6) is 11.5 Å². The molecule has 2 aromatic carbocycles. The number of hydrogen-bond acceptors (Lipinski definition) is 6. The van der Waals surface area contributed by atoms with Gasteiger partial charge in [-0.1, -0.05) is 30.3 Å². The zero-order chi connectivity index (χ0) is 16.8. The Bertz CT molecular complexity index is 906. The Morgan fingerprint density at radius 1 is 1.12 bits per heavy atom. The molecule has 0 unspecified atom stereocenters. The highest BCUT2D eigenvalue weighted by atomic mass is 16.5. The van der Waals surface area contributed by atoms with E-state index in [1.807, 2.05) is 54.6 Å². The van der Waals surface area contributed by atoms with E-state index in [0.717, 1.165) is 11.3 Å². The van der Waals surface area contributed by atoms with Gasteiger partial charge in [-0.15, -0.1) is 0 Å². The van der Waals surface area contributed by atoms with Crippen molar-refractivity contribution in [3.8, 4) is 11.5 Å². The number of rotatable bonds is 5. The van der Waals surface area contributed by atoms with Crippen molar-refractivity contribution in [1.29, 1.82) is 0 Å². The van der Waals surface area contributed by atoms with Crippen LogP contribution in [0.15, 0.2) is 64.5 Å². The largest absolute Gasteiger partial charge is 0.457 e. The number of aryl methyl sites for hydroxylation is 1. The molecule has 0 bridgehead atoms. The molecule has 2 N–H and O–H groups in total. The lowest BCUT2D eigenvalue weighted by Gasteiger charge is -2.06. The number of para-hydroxylation sites is 1. The van der Waals surface area contributed by atoms with Crippen LogP contribution in [-0.2, 0) is 0 Å². The maximum absolute atomic E-state index is 11.2. The third kappa shape index (κ3) is 4.04. The predicted octanol–water partition coefficient (Wildman–Crippen LogP) is 2.71. The van der Waals surface area contributed by atoms with Crippen LogP contribution >= 0.6 is 0 Å². The molecule has 0 amide bonds. The highest BCUT2D eigenvalue weighted by molar-refractivity contribution is 5.80. The molecule has 1 aromatic heterocycles. The Morgan fingerprint density at radius 3 is 2.75 bits per heavy atom. The van der Waals surface area contributed by atoms with Crippen molar-refractivity contribution < 1.29 is 4.74 Å². The minimum Gasteiger partial charge on any atom is -0.457 e. The van der Waals surface area contributed by atoms with Crippen LogP contribution in [0.1, 0.15) is 11.3 Å². The summed E-state index contributed by atoms with van der Waals surface area (Å²) in [7, 11) is 0. The second kappa shape index (κ2) is 7.19. The second-order valence-electron chi connectivity index (χ2n) is 4.93. The summed E-state index contributed by atoms with van der Waals surface area (Å²) in [6, 6.07) is 17.0. The molecule has 7 heteroatoms. The molecule has 0 aliphatic carbocycles. The number of aromatic amines is 1. The van der Waals surface area contributed by atoms with Gasteiger partial charge in [0.15, 0.2) is 5.82 Å². The van der Waals surface area contributed by atoms with Crippen molar-refractivity contribution in [2.75, 3.05) is 5.43 Å². The van der Waals surface area contributed by atoms with Crippen LogP contribution in [0.25, 0.3) is 0 Å². The summed E-state index contributed by atoms with van der Waals surface area (Å²) < 4.78 is 5.77. The minimum atomic E-state index is -0.531. The number of H-pyrrole nitrogens is 1. The van der Waals surface area contributed by atoms with Gasteiger partial charge < -0.3 is 4.74 Å². The fourth-order valence-corrected chi connectivity index (χ4v) is 1.95. The Morgan fingerprint density at radius 2 is 1.92 bits per heavy atom. The molecule has 0 spiro atoms. The van der Waals surface area contributed by atoms with Crippen molar-refractivity contribution >= 4 is 12.0 Å². The summed E-state index contributed by atoms with van der Waals surface area (Å²) >= 11 is 0. The molecule has 0 saturated carbocycles. The average molecular weight is 321 g/mol. The normalized spacial score (nSPS) is 10.7. The standard InChI is InChI=1S/C17H15N5O2/c1-12-16(19-17(23)22-20-12)21-18-11-13-6-5-9-15(10-13)24-14-7-3-2-4-8-14/h2-11H,1H3,(H2,19,21,22,23)/b18-11-. The first-order valence-electron chi connectivity index (χ1n) is 7.26. The molecular formula is C17H15N5O2. The predicted molar refractivity (Wildman–Crippen MR) is 91.6 cm³/mol. The fourth-order valence-electron chi connectivity index (χ4n) is 1.95. The summed E-state index contributed by atoms with van der Waals surface area (Å²) in [6.45, 7) is 1.72. The topological polar surface area (TPSA) is 92.3 Å². The smallest absolute Gasteiger partial charge is 0.363 e. The Balaban J connectivity index is 1.70. The highest BCUT2D eigenvalue weighted by Crippen LogP contribution is 2.21. The zero-order valence-corrected chi connectivity index (χ0v) is 12.9. The summed E-state index contributed by atoms with van der Waals surface area (Å²) in [5.41, 5.74) is 3.56. The molecular weight excluding hydrogens is 306 g/mol. The van der Waals surface area contributed by atoms with Gasteiger partial charge in [-0.3, -0.25) is 5.43 Å². The first-order valence-corrected chi connectivity index (χ1v) is 7.26. The molecule has 0 radical (unpaired) electrons. The number of ether oxygens (including phenoxy) is 1. The van der Waals surface area contributed by atoms with E-state index in [4.69, 9.17) is 4.74 Å². The van der Waals surface area contributed by atoms with Crippen LogP contribution in [0.3, 0.4) is 0 Å². The van der Waals surface area contributed by atoms with Crippen molar-refractivity contribution in [3.05, 3.63) is 76.3 Å². The number of nitrogens with one attached hydrogen (secondary N) is 2. The minimum absolute atomic E-state index is 0.312. The molecule has 0 fully saturated rings. The van der Waals surface area contributed by atoms with Gasteiger partial charge in [0.25, 0.3) is 0 Å². The van der Waals surface area contributed by atoms with E-state index < -0.39 is 5.69 Å². The maximum atomic E-state index is 11.2. The highest BCUT2D eigenvalue weighted by Gasteiger charge is 2.01. The molecule has 0 aliphatic heterocycles. The van der Waals surface area contributed by atoms with Crippen LogP contribution < -0.4 is 15.9 Å². The van der Waals surface area contributed by atoms with Gasteiger partial charge in [0.1, 0.15) is 17.2 Å². The number of aromatic nitrogens is 3. The van der Waals surface area contributed by atoms with Gasteiger partial charge in [0, 0.05) is 0 Å². The molecule has 3 rings (SSSR count). The van der Waals surface area contributed by atoms with E-state index in [9.17, 15) is 4.79 Å². The molecule has 1 heterocycles. The third-order valence-corrected chi connectivity index (χ3v) is 3.10. The summed E-state index contributed by atoms with van der Waals surface area (Å²) in [4.78, 5) is 14.9. The Kier molecular flexibility index (Phi) is 4.62. The lowest BCUT2D eigenvalue weighted by Crippen LogP contribution is -2.15. The number of hydrazone groups is 1. The average Bonchev–Trinajstić information content (AvgIpc) is 2.59. The molecule has 0 saturated heterocycles. The quantitative estimate of drug-likeness (QED) is 0.557. The van der Waals surface area contributed by atoms with Crippen molar-refractivity contribution in [1.82, 2.24) is 15.2 Å². The zero-order valence-electron chi connectivity index (χ0n) is 12.9. The van der Waals surface area contributed by atoms with Crippen molar-refractivity contribution in [2.24, 2.45) is 5.10 Å². The Labute approximate surface area is 138 Å². The maximum Gasteiger partial charge on any atom is 0.363 e. The molecule has 120 valence electrons. The monoisotopic (exact) mass is 321 g/mol. The van der Waals surface area contributed by atoms with Crippen LogP contribution in [0, 0.1) is 6.92 Å². The number of hydrogen-bond donors (Lipinski definition) is 2. The van der Waals surface area contributed by atoms with E-state index >= 15 is 0 Å². The first-order chi connectivity index (χ1) is 11.7. The lowest BCUT2D eigenvalue weighted by molar-refractivity contribution is 0.482. The van der Waals surface area contributed by atoms with Gasteiger partial charge in [-0.25, -0.2) is 9.89 Å². The first kappa shape index (κ1) is 15.4. The molecule has 24 heavy (non-hydrogen) atoms. The third-order valence-electron chi connectivity index (χ3n) is 3.10. The van der Waals surface area contributed by atoms with Crippen molar-refractivity contribution in [3.63, 3.8) is 0 Å². The van der Waals surface area contributed by atoms with Gasteiger partial charge in [0.05, 0.1) is 6.21 Å². The number of benzene rings is 2. The van der Waals surface area contributed by atoms with E-state index in [1.54, 1.807) is 13.1 Å². The molecule has 0 atom stereocenters. The molecule has 7 nitrogen and oxygen atoms in total. The van der Waals surface area contributed by atoms with Gasteiger partial charge in [-0.05, 0) is 36.8 Å². The Hall–Kier alpha value is -3.48. The second-order valence-corrected chi connectivity index (χ2v) is 4.93. The van der Waals surface area contributed by atoms with E-state index in [1.165, 1.54) is 0 Å². The van der Waals surface area contributed by atoms with E-state index in [-0.39, 0.29) is 0 Å². The van der Waals surface area contributed by atoms with Crippen molar-refractivity contribution in [2.45, 2.75) is 6.92 Å². The van der Waals surface area contributed by atoms with Gasteiger partial charge >= 0.3 is 5.69 Å². The van der Waals surface area contributed by atoms with Gasteiger partial charge in [0.2, 0.25) is 0 Å². The summed E-state index contributed by atoms with van der Waals surface area (Å²) in [6.07, 6.45) is 1.61.